The van der Waals surface area contributed by atoms with Crippen LogP contribution in [0, 0.1) is 0 Å². The van der Waals surface area contributed by atoms with Gasteiger partial charge in [-0.25, -0.2) is 0 Å². The monoisotopic (exact) mass is 208 g/mol. The Morgan fingerprint density at radius 3 is 1.27 bits per heavy atom. The Morgan fingerprint density at radius 2 is 1.13 bits per heavy atom. The Balaban J connectivity index is 0.000000245. The van der Waals surface area contributed by atoms with Crippen molar-refractivity contribution in [2.24, 2.45) is 0 Å². The van der Waals surface area contributed by atoms with Crippen molar-refractivity contribution in [3.8, 4) is 0 Å². The quantitative estimate of drug-likeness (QED) is 0.451. The first kappa shape index (κ1) is 14.5. The van der Waals surface area contributed by atoms with Crippen LogP contribution in [0.4, 0.5) is 0 Å². The molecule has 0 aliphatic heterocycles. The summed E-state index contributed by atoms with van der Waals surface area (Å²) in [7, 11) is 0. The van der Waals surface area contributed by atoms with Crippen LogP contribution in [0.15, 0.2) is 23.3 Å². The first-order valence-corrected chi connectivity index (χ1v) is 6.10. The van der Waals surface area contributed by atoms with Crippen molar-refractivity contribution < 1.29 is 0 Å². The molecule has 0 aromatic carbocycles. The largest absolute Gasteiger partial charge is 0.0856 e. The molecule has 0 saturated heterocycles. The molecule has 0 heterocycles. The second-order valence-electron chi connectivity index (χ2n) is 4.59. The molecule has 2 rings (SSSR count). The molecule has 0 N–H and O–H groups in total. The lowest BCUT2D eigenvalue weighted by Crippen LogP contribution is -1.85. The highest BCUT2D eigenvalue weighted by Gasteiger charge is 1.95. The van der Waals surface area contributed by atoms with E-state index in [2.05, 4.69) is 26.0 Å². The summed E-state index contributed by atoms with van der Waals surface area (Å²) < 4.78 is 0. The minimum atomic E-state index is 0. The van der Waals surface area contributed by atoms with E-state index in [0.29, 0.717) is 0 Å². The van der Waals surface area contributed by atoms with Crippen molar-refractivity contribution in [3.63, 3.8) is 0 Å². The standard InChI is InChI=1S/2C7H12.CH4/c2*1-7-5-3-2-4-6-7;/h2*5H,2-4,6H2,1H3;1H4. The van der Waals surface area contributed by atoms with E-state index in [1.165, 1.54) is 51.4 Å². The van der Waals surface area contributed by atoms with Gasteiger partial charge in [-0.2, -0.15) is 0 Å². The first-order valence-electron chi connectivity index (χ1n) is 6.10. The van der Waals surface area contributed by atoms with Gasteiger partial charge >= 0.3 is 0 Å². The van der Waals surface area contributed by atoms with Gasteiger partial charge in [0.1, 0.15) is 0 Å². The van der Waals surface area contributed by atoms with Gasteiger partial charge in [-0.1, -0.05) is 30.7 Å². The van der Waals surface area contributed by atoms with Gasteiger partial charge in [0, 0.05) is 0 Å². The Bertz CT molecular complexity index is 184. The predicted octanol–water partition coefficient (Wildman–Crippen LogP) is 5.65. The number of allylic oxidation sites excluding steroid dienone is 4. The van der Waals surface area contributed by atoms with E-state index in [1.54, 1.807) is 11.1 Å². The lowest BCUT2D eigenvalue weighted by atomic mass is 10.0. The molecule has 0 bridgehead atoms. The molecule has 15 heavy (non-hydrogen) atoms. The van der Waals surface area contributed by atoms with E-state index in [9.17, 15) is 0 Å². The molecule has 0 nitrogen and oxygen atoms in total. The van der Waals surface area contributed by atoms with E-state index in [0.717, 1.165) is 0 Å². The maximum atomic E-state index is 2.35. The van der Waals surface area contributed by atoms with E-state index in [-0.39, 0.29) is 7.43 Å². The summed E-state index contributed by atoms with van der Waals surface area (Å²) in [5.74, 6) is 0. The summed E-state index contributed by atoms with van der Waals surface area (Å²) in [6.07, 6.45) is 15.7. The van der Waals surface area contributed by atoms with Crippen LogP contribution in [-0.2, 0) is 0 Å². The molecule has 0 aromatic rings. The summed E-state index contributed by atoms with van der Waals surface area (Å²) >= 11 is 0. The van der Waals surface area contributed by atoms with Gasteiger partial charge in [-0.05, 0) is 65.2 Å². The van der Waals surface area contributed by atoms with Gasteiger partial charge in [-0.3, -0.25) is 0 Å². The summed E-state index contributed by atoms with van der Waals surface area (Å²) in [6, 6.07) is 0. The summed E-state index contributed by atoms with van der Waals surface area (Å²) in [4.78, 5) is 0. The summed E-state index contributed by atoms with van der Waals surface area (Å²) in [6.45, 7) is 4.44. The van der Waals surface area contributed by atoms with E-state index < -0.39 is 0 Å². The minimum Gasteiger partial charge on any atom is -0.0856 e. The molecule has 2 aliphatic rings. The van der Waals surface area contributed by atoms with Crippen LogP contribution in [0.25, 0.3) is 0 Å². The Morgan fingerprint density at radius 1 is 0.733 bits per heavy atom. The van der Waals surface area contributed by atoms with Crippen LogP contribution in [0.2, 0.25) is 0 Å². The van der Waals surface area contributed by atoms with Gasteiger partial charge in [-0.15, -0.1) is 0 Å². The lowest BCUT2D eigenvalue weighted by Gasteiger charge is -2.05. The van der Waals surface area contributed by atoms with Gasteiger partial charge < -0.3 is 0 Å². The highest BCUT2D eigenvalue weighted by Crippen LogP contribution is 2.16. The molecule has 0 spiro atoms. The van der Waals surface area contributed by atoms with Crippen molar-refractivity contribution in [1.82, 2.24) is 0 Å². The number of rotatable bonds is 0. The SMILES string of the molecule is C.CC1=CCCCC1.CC1=CCCCC1. The second kappa shape index (κ2) is 8.76. The van der Waals surface area contributed by atoms with Gasteiger partial charge in [0.25, 0.3) is 0 Å². The molecule has 0 saturated carbocycles. The molecular formula is C15H28. The zero-order valence-electron chi connectivity index (χ0n) is 9.81. The fraction of sp³-hybridized carbons (Fsp3) is 0.733. The van der Waals surface area contributed by atoms with Gasteiger partial charge in [0.2, 0.25) is 0 Å². The minimum absolute atomic E-state index is 0. The average Bonchev–Trinajstić information content (AvgIpc) is 2.21. The third-order valence-electron chi connectivity index (χ3n) is 3.04. The van der Waals surface area contributed by atoms with Crippen LogP contribution in [0.5, 0.6) is 0 Å². The molecule has 0 heteroatoms. The van der Waals surface area contributed by atoms with Crippen molar-refractivity contribution in [2.75, 3.05) is 0 Å². The highest BCUT2D eigenvalue weighted by atomic mass is 14.0. The summed E-state index contributed by atoms with van der Waals surface area (Å²) in [5, 5.41) is 0. The first-order chi connectivity index (χ1) is 6.79. The van der Waals surface area contributed by atoms with Crippen LogP contribution in [-0.4, -0.2) is 0 Å². The van der Waals surface area contributed by atoms with Crippen LogP contribution >= 0.6 is 0 Å². The maximum Gasteiger partial charge on any atom is -0.0323 e. The molecule has 0 fully saturated rings. The number of hydrogen-bond donors (Lipinski definition) is 0. The van der Waals surface area contributed by atoms with Crippen molar-refractivity contribution in [2.45, 2.75) is 72.6 Å². The Kier molecular flexibility index (Phi) is 8.46. The topological polar surface area (TPSA) is 0 Å². The molecule has 0 amide bonds. The van der Waals surface area contributed by atoms with Crippen LogP contribution < -0.4 is 0 Å². The fourth-order valence-corrected chi connectivity index (χ4v) is 2.00. The zero-order valence-corrected chi connectivity index (χ0v) is 9.81. The fourth-order valence-electron chi connectivity index (χ4n) is 2.00. The van der Waals surface area contributed by atoms with Crippen molar-refractivity contribution in [3.05, 3.63) is 23.3 Å². The van der Waals surface area contributed by atoms with Crippen LogP contribution in [0.1, 0.15) is 72.6 Å². The van der Waals surface area contributed by atoms with Gasteiger partial charge in [0.15, 0.2) is 0 Å². The van der Waals surface area contributed by atoms with E-state index >= 15 is 0 Å². The number of hydrogen-bond acceptors (Lipinski definition) is 0. The van der Waals surface area contributed by atoms with E-state index in [4.69, 9.17) is 0 Å². The Labute approximate surface area is 96.5 Å². The third-order valence-corrected chi connectivity index (χ3v) is 3.04. The van der Waals surface area contributed by atoms with Crippen molar-refractivity contribution in [1.29, 1.82) is 0 Å². The third kappa shape index (κ3) is 7.41. The molecule has 88 valence electrons. The highest BCUT2D eigenvalue weighted by molar-refractivity contribution is 5.00. The normalized spacial score (nSPS) is 20.1. The zero-order chi connectivity index (χ0) is 10.2. The molecule has 0 aromatic heterocycles. The van der Waals surface area contributed by atoms with Gasteiger partial charge in [0.05, 0.1) is 0 Å². The molecule has 2 aliphatic carbocycles. The Hall–Kier alpha value is -0.520. The second-order valence-corrected chi connectivity index (χ2v) is 4.59. The average molecular weight is 208 g/mol. The molecular weight excluding hydrogens is 180 g/mol. The molecule has 0 radical (unpaired) electrons. The smallest absolute Gasteiger partial charge is 0.0323 e. The molecule has 0 atom stereocenters. The van der Waals surface area contributed by atoms with Crippen molar-refractivity contribution >= 4 is 0 Å². The van der Waals surface area contributed by atoms with E-state index in [1.807, 2.05) is 0 Å². The predicted molar refractivity (Wildman–Crippen MR) is 71.2 cm³/mol. The summed E-state index contributed by atoms with van der Waals surface area (Å²) in [5.41, 5.74) is 3.18. The lowest BCUT2D eigenvalue weighted by molar-refractivity contribution is 0.701. The maximum absolute atomic E-state index is 2.35. The van der Waals surface area contributed by atoms with Crippen LogP contribution in [0.3, 0.4) is 0 Å². The molecule has 0 unspecified atom stereocenters.